The second kappa shape index (κ2) is 7.43. The van der Waals surface area contributed by atoms with Crippen LogP contribution in [-0.4, -0.2) is 15.7 Å². The molecule has 1 heterocycles. The summed E-state index contributed by atoms with van der Waals surface area (Å²) in [4.78, 5) is 11.8. The van der Waals surface area contributed by atoms with Crippen molar-refractivity contribution in [3.8, 4) is 0 Å². The number of rotatable bonds is 6. The minimum absolute atomic E-state index is 0.0958. The van der Waals surface area contributed by atoms with E-state index in [4.69, 9.17) is 0 Å². The normalized spacial score (nSPS) is 11.0. The third kappa shape index (κ3) is 4.60. The number of aromatic nitrogens is 2. The zero-order valence-electron chi connectivity index (χ0n) is 12.5. The van der Waals surface area contributed by atoms with Crippen LogP contribution < -0.4 is 5.32 Å². The molecule has 0 aliphatic heterocycles. The minimum atomic E-state index is -0.0958. The molecule has 21 heavy (non-hydrogen) atoms. The van der Waals surface area contributed by atoms with Gasteiger partial charge in [0, 0.05) is 30.9 Å². The Morgan fingerprint density at radius 1 is 1.33 bits per heavy atom. The maximum atomic E-state index is 11.8. The molecule has 1 aromatic carbocycles. The number of nitrogens with zero attached hydrogens (tertiary/aromatic N) is 2. The zero-order valence-corrected chi connectivity index (χ0v) is 12.5. The molecule has 0 spiro atoms. The third-order valence-electron chi connectivity index (χ3n) is 3.18. The van der Waals surface area contributed by atoms with Crippen LogP contribution in [0.25, 0.3) is 6.08 Å². The smallest absolute Gasteiger partial charge is 0.244 e. The summed E-state index contributed by atoms with van der Waals surface area (Å²) in [5.74, 6) is -0.0958. The first-order valence-electron chi connectivity index (χ1n) is 7.23. The van der Waals surface area contributed by atoms with Gasteiger partial charge < -0.3 is 5.32 Å². The highest BCUT2D eigenvalue weighted by Crippen LogP contribution is 2.06. The molecule has 0 aliphatic carbocycles. The van der Waals surface area contributed by atoms with Gasteiger partial charge in [0.25, 0.3) is 0 Å². The number of nitrogens with one attached hydrogen (secondary N) is 1. The summed E-state index contributed by atoms with van der Waals surface area (Å²) in [5, 5.41) is 7.31. The fourth-order valence-corrected chi connectivity index (χ4v) is 2.05. The lowest BCUT2D eigenvalue weighted by molar-refractivity contribution is -0.116. The van der Waals surface area contributed by atoms with E-state index in [2.05, 4.69) is 17.3 Å². The van der Waals surface area contributed by atoms with Crippen molar-refractivity contribution in [3.63, 3.8) is 0 Å². The molecule has 4 heteroatoms. The first-order chi connectivity index (χ1) is 10.2. The third-order valence-corrected chi connectivity index (χ3v) is 3.18. The molecule has 0 aliphatic rings. The van der Waals surface area contributed by atoms with Crippen LogP contribution in [0.2, 0.25) is 0 Å². The van der Waals surface area contributed by atoms with Gasteiger partial charge in [-0.3, -0.25) is 9.48 Å². The predicted molar refractivity (Wildman–Crippen MR) is 84.6 cm³/mol. The van der Waals surface area contributed by atoms with Gasteiger partial charge >= 0.3 is 0 Å². The van der Waals surface area contributed by atoms with Crippen molar-refractivity contribution in [2.45, 2.75) is 33.4 Å². The van der Waals surface area contributed by atoms with E-state index in [-0.39, 0.29) is 5.91 Å². The number of hydrogen-bond donors (Lipinski definition) is 1. The van der Waals surface area contributed by atoms with E-state index in [0.717, 1.165) is 29.8 Å². The quantitative estimate of drug-likeness (QED) is 0.829. The molecule has 1 amide bonds. The van der Waals surface area contributed by atoms with Gasteiger partial charge in [-0.05, 0) is 25.0 Å². The van der Waals surface area contributed by atoms with Crippen LogP contribution in [0.4, 0.5) is 0 Å². The highest BCUT2D eigenvalue weighted by molar-refractivity contribution is 5.91. The van der Waals surface area contributed by atoms with Gasteiger partial charge in [0.05, 0.1) is 5.69 Å². The summed E-state index contributed by atoms with van der Waals surface area (Å²) in [5.41, 5.74) is 3.04. The number of hydrogen-bond acceptors (Lipinski definition) is 2. The Kier molecular flexibility index (Phi) is 5.32. The van der Waals surface area contributed by atoms with E-state index < -0.39 is 0 Å². The minimum Gasteiger partial charge on any atom is -0.348 e. The highest BCUT2D eigenvalue weighted by atomic mass is 16.1. The number of benzene rings is 1. The van der Waals surface area contributed by atoms with E-state index >= 15 is 0 Å². The van der Waals surface area contributed by atoms with Gasteiger partial charge in [-0.1, -0.05) is 37.3 Å². The fraction of sp³-hybridized carbons (Fsp3) is 0.294. The molecule has 0 radical (unpaired) electrons. The van der Waals surface area contributed by atoms with Gasteiger partial charge in [0.15, 0.2) is 0 Å². The average Bonchev–Trinajstić information content (AvgIpc) is 2.84. The summed E-state index contributed by atoms with van der Waals surface area (Å²) in [6, 6.07) is 9.77. The van der Waals surface area contributed by atoms with Crippen molar-refractivity contribution in [2.75, 3.05) is 0 Å². The SMILES string of the molecule is CCCn1cc(CNC(=O)C=Cc2ccccc2)c(C)n1. The van der Waals surface area contributed by atoms with Crippen LogP contribution >= 0.6 is 0 Å². The van der Waals surface area contributed by atoms with Crippen LogP contribution in [0.1, 0.15) is 30.2 Å². The molecule has 1 N–H and O–H groups in total. The predicted octanol–water partition coefficient (Wildman–Crippen LogP) is 2.93. The van der Waals surface area contributed by atoms with Crippen molar-refractivity contribution in [1.29, 1.82) is 0 Å². The number of carbonyl (C=O) groups excluding carboxylic acids is 1. The number of carbonyl (C=O) groups is 1. The van der Waals surface area contributed by atoms with Crippen LogP contribution in [-0.2, 0) is 17.9 Å². The Labute approximate surface area is 125 Å². The lowest BCUT2D eigenvalue weighted by Gasteiger charge is -2.00. The summed E-state index contributed by atoms with van der Waals surface area (Å²) in [6.07, 6.45) is 6.41. The standard InChI is InChI=1S/C17H21N3O/c1-3-11-20-13-16(14(2)19-20)12-18-17(21)10-9-15-7-5-4-6-8-15/h4-10,13H,3,11-12H2,1-2H3,(H,18,21). The van der Waals surface area contributed by atoms with Crippen molar-refractivity contribution < 1.29 is 4.79 Å². The summed E-state index contributed by atoms with van der Waals surface area (Å²) < 4.78 is 1.93. The second-order valence-electron chi connectivity index (χ2n) is 4.96. The van der Waals surface area contributed by atoms with E-state index in [9.17, 15) is 4.79 Å². The Hall–Kier alpha value is -2.36. The Morgan fingerprint density at radius 2 is 2.10 bits per heavy atom. The first-order valence-corrected chi connectivity index (χ1v) is 7.23. The van der Waals surface area contributed by atoms with Gasteiger partial charge in [0.1, 0.15) is 0 Å². The first kappa shape index (κ1) is 15.0. The van der Waals surface area contributed by atoms with Gasteiger partial charge in [-0.25, -0.2) is 0 Å². The largest absolute Gasteiger partial charge is 0.348 e. The monoisotopic (exact) mass is 283 g/mol. The van der Waals surface area contributed by atoms with Crippen molar-refractivity contribution >= 4 is 12.0 Å². The lowest BCUT2D eigenvalue weighted by Crippen LogP contribution is -2.20. The van der Waals surface area contributed by atoms with Crippen LogP contribution in [0.3, 0.4) is 0 Å². The number of aryl methyl sites for hydroxylation is 2. The molecular formula is C17H21N3O. The van der Waals surface area contributed by atoms with E-state index in [0.29, 0.717) is 6.54 Å². The second-order valence-corrected chi connectivity index (χ2v) is 4.96. The fourth-order valence-electron chi connectivity index (χ4n) is 2.05. The maximum Gasteiger partial charge on any atom is 0.244 e. The molecule has 110 valence electrons. The van der Waals surface area contributed by atoms with Crippen LogP contribution in [0.15, 0.2) is 42.6 Å². The lowest BCUT2D eigenvalue weighted by atomic mass is 10.2. The molecule has 4 nitrogen and oxygen atoms in total. The van der Waals surface area contributed by atoms with E-state index in [1.165, 1.54) is 0 Å². The molecule has 0 saturated carbocycles. The van der Waals surface area contributed by atoms with Crippen LogP contribution in [0, 0.1) is 6.92 Å². The van der Waals surface area contributed by atoms with Gasteiger partial charge in [0.2, 0.25) is 5.91 Å². The van der Waals surface area contributed by atoms with Gasteiger partial charge in [-0.15, -0.1) is 0 Å². The van der Waals surface area contributed by atoms with Crippen molar-refractivity contribution in [1.82, 2.24) is 15.1 Å². The zero-order chi connectivity index (χ0) is 15.1. The molecule has 2 aromatic rings. The molecule has 0 saturated heterocycles. The molecular weight excluding hydrogens is 262 g/mol. The number of amides is 1. The molecule has 0 atom stereocenters. The van der Waals surface area contributed by atoms with Crippen LogP contribution in [0.5, 0.6) is 0 Å². The van der Waals surface area contributed by atoms with Crippen molar-refractivity contribution in [3.05, 3.63) is 59.4 Å². The van der Waals surface area contributed by atoms with Gasteiger partial charge in [-0.2, -0.15) is 5.10 Å². The highest BCUT2D eigenvalue weighted by Gasteiger charge is 2.05. The van der Waals surface area contributed by atoms with E-state index in [1.54, 1.807) is 6.08 Å². The summed E-state index contributed by atoms with van der Waals surface area (Å²) in [6.45, 7) is 5.50. The molecule has 1 aromatic heterocycles. The molecule has 0 unspecified atom stereocenters. The Morgan fingerprint density at radius 3 is 2.81 bits per heavy atom. The summed E-state index contributed by atoms with van der Waals surface area (Å²) >= 11 is 0. The molecule has 0 fully saturated rings. The Bertz CT molecular complexity index is 614. The average molecular weight is 283 g/mol. The van der Waals surface area contributed by atoms with Crippen molar-refractivity contribution in [2.24, 2.45) is 0 Å². The summed E-state index contributed by atoms with van der Waals surface area (Å²) in [7, 11) is 0. The molecule has 2 rings (SSSR count). The van der Waals surface area contributed by atoms with E-state index in [1.807, 2.05) is 54.2 Å². The Balaban J connectivity index is 1.88. The molecule has 0 bridgehead atoms. The topological polar surface area (TPSA) is 46.9 Å². The maximum absolute atomic E-state index is 11.8.